The summed E-state index contributed by atoms with van der Waals surface area (Å²) in [7, 11) is 0. The van der Waals surface area contributed by atoms with Crippen LogP contribution in [0.5, 0.6) is 5.75 Å². The second-order valence-electron chi connectivity index (χ2n) is 3.36. The molecule has 0 saturated heterocycles. The van der Waals surface area contributed by atoms with E-state index in [2.05, 4.69) is 22.0 Å². The van der Waals surface area contributed by atoms with Gasteiger partial charge in [0, 0.05) is 11.8 Å². The molecule has 0 saturated carbocycles. The fraction of sp³-hybridized carbons (Fsp3) is 0.417. The predicted molar refractivity (Wildman–Crippen MR) is 69.0 cm³/mol. The van der Waals surface area contributed by atoms with Gasteiger partial charge in [0.15, 0.2) is 0 Å². The van der Waals surface area contributed by atoms with Gasteiger partial charge in [-0.25, -0.2) is 0 Å². The van der Waals surface area contributed by atoms with Gasteiger partial charge < -0.3 is 4.74 Å². The van der Waals surface area contributed by atoms with Crippen LogP contribution < -0.4 is 4.74 Å². The summed E-state index contributed by atoms with van der Waals surface area (Å²) >= 11 is 9.42. The predicted octanol–water partition coefficient (Wildman–Crippen LogP) is 4.31. The molecule has 0 spiro atoms. The standard InChI is InChI=1S/C12H13BrClNO/c13-9-10-4-5-12(11(14)8-10)16-7-3-1-2-6-15/h4-5,8H,1-3,7,9H2. The summed E-state index contributed by atoms with van der Waals surface area (Å²) in [6.07, 6.45) is 2.33. The number of nitrogens with zero attached hydrogens (tertiary/aromatic N) is 1. The summed E-state index contributed by atoms with van der Waals surface area (Å²) in [5.74, 6) is 0.711. The molecule has 0 heterocycles. The summed E-state index contributed by atoms with van der Waals surface area (Å²) in [6, 6.07) is 7.85. The summed E-state index contributed by atoms with van der Waals surface area (Å²) in [4.78, 5) is 0. The van der Waals surface area contributed by atoms with Crippen LogP contribution in [0.4, 0.5) is 0 Å². The molecule has 0 unspecified atom stereocenters. The number of hydrogen-bond acceptors (Lipinski definition) is 2. The van der Waals surface area contributed by atoms with Gasteiger partial charge in [0.25, 0.3) is 0 Å². The highest BCUT2D eigenvalue weighted by molar-refractivity contribution is 9.08. The van der Waals surface area contributed by atoms with E-state index in [1.54, 1.807) is 0 Å². The van der Waals surface area contributed by atoms with E-state index in [1.807, 2.05) is 18.2 Å². The first-order chi connectivity index (χ1) is 7.77. The summed E-state index contributed by atoms with van der Waals surface area (Å²) < 4.78 is 5.53. The molecular weight excluding hydrogens is 289 g/mol. The van der Waals surface area contributed by atoms with Crippen LogP contribution in [0.1, 0.15) is 24.8 Å². The molecule has 0 fully saturated rings. The van der Waals surface area contributed by atoms with Crippen molar-refractivity contribution >= 4 is 27.5 Å². The zero-order valence-electron chi connectivity index (χ0n) is 8.88. The molecular formula is C12H13BrClNO. The highest BCUT2D eigenvalue weighted by Crippen LogP contribution is 2.26. The van der Waals surface area contributed by atoms with E-state index in [0.717, 1.165) is 23.7 Å². The van der Waals surface area contributed by atoms with Crippen molar-refractivity contribution in [1.82, 2.24) is 0 Å². The van der Waals surface area contributed by atoms with Crippen LogP contribution in [-0.2, 0) is 5.33 Å². The maximum atomic E-state index is 8.37. The highest BCUT2D eigenvalue weighted by Gasteiger charge is 2.02. The Kier molecular flexibility index (Phi) is 6.29. The molecule has 0 aliphatic rings. The van der Waals surface area contributed by atoms with Gasteiger partial charge >= 0.3 is 0 Å². The molecule has 0 aromatic heterocycles. The normalized spacial score (nSPS) is 9.81. The number of benzene rings is 1. The van der Waals surface area contributed by atoms with Gasteiger partial charge in [0.05, 0.1) is 17.7 Å². The van der Waals surface area contributed by atoms with Crippen molar-refractivity contribution in [3.8, 4) is 11.8 Å². The van der Waals surface area contributed by atoms with Crippen LogP contribution in [0.15, 0.2) is 18.2 Å². The third kappa shape index (κ3) is 4.42. The third-order valence-corrected chi connectivity index (χ3v) is 3.03. The number of nitriles is 1. The molecule has 0 aliphatic heterocycles. The minimum Gasteiger partial charge on any atom is -0.492 e. The maximum Gasteiger partial charge on any atom is 0.137 e. The molecule has 0 atom stereocenters. The van der Waals surface area contributed by atoms with E-state index in [-0.39, 0.29) is 0 Å². The van der Waals surface area contributed by atoms with E-state index in [4.69, 9.17) is 21.6 Å². The Labute approximate surface area is 109 Å². The Balaban J connectivity index is 2.40. The summed E-state index contributed by atoms with van der Waals surface area (Å²) in [6.45, 7) is 0.606. The highest BCUT2D eigenvalue weighted by atomic mass is 79.9. The lowest BCUT2D eigenvalue weighted by Gasteiger charge is -2.08. The lowest BCUT2D eigenvalue weighted by atomic mass is 10.2. The third-order valence-electron chi connectivity index (χ3n) is 2.09. The molecule has 4 heteroatoms. The quantitative estimate of drug-likeness (QED) is 0.579. The number of ether oxygens (including phenoxy) is 1. The molecule has 2 nitrogen and oxygen atoms in total. The molecule has 16 heavy (non-hydrogen) atoms. The van der Waals surface area contributed by atoms with Gasteiger partial charge in [-0.1, -0.05) is 33.6 Å². The Morgan fingerprint density at radius 2 is 2.19 bits per heavy atom. The zero-order chi connectivity index (χ0) is 11.8. The van der Waals surface area contributed by atoms with Crippen LogP contribution in [-0.4, -0.2) is 6.61 Å². The lowest BCUT2D eigenvalue weighted by Crippen LogP contribution is -1.97. The van der Waals surface area contributed by atoms with Gasteiger partial charge in [0.1, 0.15) is 5.75 Å². The Morgan fingerprint density at radius 3 is 2.81 bits per heavy atom. The van der Waals surface area contributed by atoms with E-state index in [9.17, 15) is 0 Å². The Morgan fingerprint density at radius 1 is 1.38 bits per heavy atom. The van der Waals surface area contributed by atoms with Crippen molar-refractivity contribution in [2.75, 3.05) is 6.61 Å². The van der Waals surface area contributed by atoms with Crippen LogP contribution >= 0.6 is 27.5 Å². The average Bonchev–Trinajstić information content (AvgIpc) is 2.30. The smallest absolute Gasteiger partial charge is 0.137 e. The van der Waals surface area contributed by atoms with Crippen molar-refractivity contribution in [2.45, 2.75) is 24.6 Å². The SMILES string of the molecule is N#CCCCCOc1ccc(CBr)cc1Cl. The number of hydrogen-bond donors (Lipinski definition) is 0. The first kappa shape index (κ1) is 13.3. The largest absolute Gasteiger partial charge is 0.492 e. The topological polar surface area (TPSA) is 33.0 Å². The van der Waals surface area contributed by atoms with Gasteiger partial charge in [-0.2, -0.15) is 5.26 Å². The van der Waals surface area contributed by atoms with Gasteiger partial charge in [0.2, 0.25) is 0 Å². The van der Waals surface area contributed by atoms with Crippen LogP contribution in [0.25, 0.3) is 0 Å². The monoisotopic (exact) mass is 301 g/mol. The van der Waals surface area contributed by atoms with E-state index < -0.39 is 0 Å². The molecule has 1 rings (SSSR count). The zero-order valence-corrected chi connectivity index (χ0v) is 11.2. The van der Waals surface area contributed by atoms with Crippen molar-refractivity contribution in [3.63, 3.8) is 0 Å². The number of halogens is 2. The number of alkyl halides is 1. The fourth-order valence-corrected chi connectivity index (χ4v) is 1.84. The van der Waals surface area contributed by atoms with Crippen molar-refractivity contribution in [1.29, 1.82) is 5.26 Å². The lowest BCUT2D eigenvalue weighted by molar-refractivity contribution is 0.307. The molecule has 0 bridgehead atoms. The Bertz CT molecular complexity index is 376. The summed E-state index contributed by atoms with van der Waals surface area (Å²) in [5, 5.41) is 9.79. The second kappa shape index (κ2) is 7.54. The molecule has 0 aliphatic carbocycles. The van der Waals surface area contributed by atoms with Gasteiger partial charge in [-0.3, -0.25) is 0 Å². The Hall–Kier alpha value is -0.720. The van der Waals surface area contributed by atoms with E-state index >= 15 is 0 Å². The van der Waals surface area contributed by atoms with Gasteiger partial charge in [-0.05, 0) is 30.5 Å². The average molecular weight is 303 g/mol. The molecule has 0 N–H and O–H groups in total. The van der Waals surface area contributed by atoms with Gasteiger partial charge in [-0.15, -0.1) is 0 Å². The number of unbranched alkanes of at least 4 members (excludes halogenated alkanes) is 2. The summed E-state index contributed by atoms with van der Waals surface area (Å²) in [5.41, 5.74) is 1.13. The minimum absolute atomic E-state index is 0.583. The first-order valence-corrected chi connectivity index (χ1v) is 6.62. The van der Waals surface area contributed by atoms with Crippen molar-refractivity contribution < 1.29 is 4.74 Å². The maximum absolute atomic E-state index is 8.37. The van der Waals surface area contributed by atoms with Crippen molar-refractivity contribution in [2.24, 2.45) is 0 Å². The van der Waals surface area contributed by atoms with E-state index in [1.165, 1.54) is 0 Å². The van der Waals surface area contributed by atoms with E-state index in [0.29, 0.717) is 23.8 Å². The number of rotatable bonds is 6. The fourth-order valence-electron chi connectivity index (χ4n) is 1.23. The second-order valence-corrected chi connectivity index (χ2v) is 4.33. The van der Waals surface area contributed by atoms with Crippen molar-refractivity contribution in [3.05, 3.63) is 28.8 Å². The van der Waals surface area contributed by atoms with Crippen LogP contribution in [0, 0.1) is 11.3 Å². The van der Waals surface area contributed by atoms with Crippen LogP contribution in [0.3, 0.4) is 0 Å². The molecule has 1 aromatic rings. The molecule has 1 aromatic carbocycles. The first-order valence-electron chi connectivity index (χ1n) is 5.12. The molecule has 0 amide bonds. The molecule has 0 radical (unpaired) electrons. The molecule has 86 valence electrons. The van der Waals surface area contributed by atoms with Crippen LogP contribution in [0.2, 0.25) is 5.02 Å². The minimum atomic E-state index is 0.583.